The molecule has 2 bridgehead atoms. The van der Waals surface area contributed by atoms with E-state index in [1.165, 1.54) is 12.8 Å². The van der Waals surface area contributed by atoms with Crippen LogP contribution in [0.2, 0.25) is 0 Å². The highest BCUT2D eigenvalue weighted by atomic mass is 35.5. The van der Waals surface area contributed by atoms with Gasteiger partial charge in [-0.1, -0.05) is 30.3 Å². The minimum atomic E-state index is -0.0277. The van der Waals surface area contributed by atoms with Crippen LogP contribution < -0.4 is 5.32 Å². The fourth-order valence-electron chi connectivity index (χ4n) is 4.69. The molecule has 3 heterocycles. The molecular weight excluding hydrogens is 362 g/mol. The fraction of sp³-hybridized carbons (Fsp3) is 0.619. The molecule has 148 valence electrons. The van der Waals surface area contributed by atoms with Crippen molar-refractivity contribution in [2.45, 2.75) is 50.6 Å². The first-order chi connectivity index (χ1) is 12.7. The van der Waals surface area contributed by atoms with E-state index < -0.39 is 0 Å². The zero-order chi connectivity index (χ0) is 17.9. The minimum Gasteiger partial charge on any atom is -0.342 e. The second-order valence-corrected chi connectivity index (χ2v) is 8.05. The lowest BCUT2D eigenvalue weighted by Gasteiger charge is -2.35. The molecule has 1 aromatic rings. The highest BCUT2D eigenvalue weighted by molar-refractivity contribution is 5.85. The maximum absolute atomic E-state index is 13.1. The molecule has 3 unspecified atom stereocenters. The first-order valence-electron chi connectivity index (χ1n) is 10.1. The highest BCUT2D eigenvalue weighted by Gasteiger charge is 2.35. The van der Waals surface area contributed by atoms with Gasteiger partial charge < -0.3 is 15.1 Å². The monoisotopic (exact) mass is 391 g/mol. The summed E-state index contributed by atoms with van der Waals surface area (Å²) in [6, 6.07) is 10.9. The van der Waals surface area contributed by atoms with Gasteiger partial charge in [0.25, 0.3) is 0 Å². The van der Waals surface area contributed by atoms with Crippen LogP contribution in [0.25, 0.3) is 0 Å². The van der Waals surface area contributed by atoms with E-state index in [1.54, 1.807) is 0 Å². The Labute approximate surface area is 167 Å². The predicted octanol–water partition coefficient (Wildman–Crippen LogP) is 2.24. The summed E-state index contributed by atoms with van der Waals surface area (Å²) in [5.41, 5.74) is 1.04. The zero-order valence-corrected chi connectivity index (χ0v) is 16.6. The second-order valence-electron chi connectivity index (χ2n) is 8.05. The molecule has 6 heteroatoms. The maximum atomic E-state index is 13.1. The van der Waals surface area contributed by atoms with Crippen LogP contribution in [0.1, 0.15) is 37.7 Å². The van der Waals surface area contributed by atoms with Crippen molar-refractivity contribution >= 4 is 24.2 Å². The minimum absolute atomic E-state index is 0. The van der Waals surface area contributed by atoms with Crippen LogP contribution in [0.5, 0.6) is 0 Å². The molecule has 3 saturated heterocycles. The number of fused-ring (bicyclic) bond motifs is 2. The number of amides is 2. The van der Waals surface area contributed by atoms with E-state index in [0.717, 1.165) is 44.5 Å². The molecule has 0 radical (unpaired) electrons. The van der Waals surface area contributed by atoms with Gasteiger partial charge in [0.05, 0.1) is 12.3 Å². The molecule has 4 rings (SSSR count). The summed E-state index contributed by atoms with van der Waals surface area (Å²) in [5.74, 6) is 0.377. The molecule has 3 aliphatic rings. The third-order valence-corrected chi connectivity index (χ3v) is 6.16. The first kappa shape index (κ1) is 20.2. The van der Waals surface area contributed by atoms with Crippen LogP contribution >= 0.6 is 12.4 Å². The predicted molar refractivity (Wildman–Crippen MR) is 108 cm³/mol. The van der Waals surface area contributed by atoms with Gasteiger partial charge in [0.15, 0.2) is 0 Å². The number of rotatable bonds is 3. The van der Waals surface area contributed by atoms with Crippen molar-refractivity contribution in [2.75, 3.05) is 26.2 Å². The quantitative estimate of drug-likeness (QED) is 0.859. The Morgan fingerprint density at radius 1 is 0.926 bits per heavy atom. The summed E-state index contributed by atoms with van der Waals surface area (Å²) < 4.78 is 0. The molecule has 1 aromatic carbocycles. The normalized spacial score (nSPS) is 27.6. The largest absolute Gasteiger partial charge is 0.342 e. The summed E-state index contributed by atoms with van der Waals surface area (Å²) in [4.78, 5) is 29.7. The van der Waals surface area contributed by atoms with Crippen molar-refractivity contribution < 1.29 is 9.59 Å². The van der Waals surface area contributed by atoms with E-state index in [0.29, 0.717) is 25.0 Å². The fourth-order valence-corrected chi connectivity index (χ4v) is 4.69. The van der Waals surface area contributed by atoms with Gasteiger partial charge in [-0.25, -0.2) is 0 Å². The van der Waals surface area contributed by atoms with Gasteiger partial charge in [-0.05, 0) is 37.7 Å². The lowest BCUT2D eigenvalue weighted by molar-refractivity contribution is -0.140. The van der Waals surface area contributed by atoms with Gasteiger partial charge in [0, 0.05) is 38.3 Å². The van der Waals surface area contributed by atoms with Gasteiger partial charge in [-0.3, -0.25) is 9.59 Å². The van der Waals surface area contributed by atoms with Gasteiger partial charge in [-0.15, -0.1) is 12.4 Å². The molecule has 3 atom stereocenters. The Kier molecular flexibility index (Phi) is 6.77. The first-order valence-corrected chi connectivity index (χ1v) is 10.1. The maximum Gasteiger partial charge on any atom is 0.227 e. The van der Waals surface area contributed by atoms with Crippen LogP contribution in [0.3, 0.4) is 0 Å². The van der Waals surface area contributed by atoms with Gasteiger partial charge in [0.1, 0.15) is 0 Å². The molecule has 3 fully saturated rings. The lowest BCUT2D eigenvalue weighted by Crippen LogP contribution is -2.48. The molecule has 2 amide bonds. The third-order valence-electron chi connectivity index (χ3n) is 6.16. The number of hydrogen-bond donors (Lipinski definition) is 1. The number of benzene rings is 1. The van der Waals surface area contributed by atoms with E-state index in [1.807, 2.05) is 35.2 Å². The third kappa shape index (κ3) is 4.82. The number of piperidine rings is 1. The molecule has 1 N–H and O–H groups in total. The summed E-state index contributed by atoms with van der Waals surface area (Å²) >= 11 is 0. The summed E-state index contributed by atoms with van der Waals surface area (Å²) in [6.45, 7) is 3.06. The van der Waals surface area contributed by atoms with Crippen LogP contribution in [-0.4, -0.2) is 59.9 Å². The average Bonchev–Trinajstić information content (AvgIpc) is 3.01. The molecule has 0 aromatic heterocycles. The number of carbonyl (C=O) groups is 2. The number of nitrogens with zero attached hydrogens (tertiary/aromatic N) is 2. The average molecular weight is 392 g/mol. The van der Waals surface area contributed by atoms with Gasteiger partial charge in [0.2, 0.25) is 11.8 Å². The van der Waals surface area contributed by atoms with E-state index in [-0.39, 0.29) is 30.1 Å². The molecule has 3 aliphatic heterocycles. The Hall–Kier alpha value is -1.59. The van der Waals surface area contributed by atoms with Crippen LogP contribution in [0.15, 0.2) is 30.3 Å². The number of likely N-dealkylation sites (tertiary alicyclic amines) is 2. The van der Waals surface area contributed by atoms with E-state index in [9.17, 15) is 9.59 Å². The summed E-state index contributed by atoms with van der Waals surface area (Å²) in [7, 11) is 0. The number of nitrogens with one attached hydrogen (secondary N) is 1. The van der Waals surface area contributed by atoms with Gasteiger partial charge >= 0.3 is 0 Å². The Morgan fingerprint density at radius 2 is 1.70 bits per heavy atom. The van der Waals surface area contributed by atoms with Crippen molar-refractivity contribution in [3.8, 4) is 0 Å². The highest BCUT2D eigenvalue weighted by Crippen LogP contribution is 2.24. The second kappa shape index (κ2) is 9.07. The lowest BCUT2D eigenvalue weighted by atomic mass is 9.95. The van der Waals surface area contributed by atoms with E-state index in [2.05, 4.69) is 10.2 Å². The van der Waals surface area contributed by atoms with Gasteiger partial charge in [-0.2, -0.15) is 0 Å². The van der Waals surface area contributed by atoms with E-state index in [4.69, 9.17) is 0 Å². The Morgan fingerprint density at radius 3 is 2.52 bits per heavy atom. The van der Waals surface area contributed by atoms with Crippen molar-refractivity contribution in [3.63, 3.8) is 0 Å². The molecular formula is C21H30ClN3O2. The zero-order valence-electron chi connectivity index (χ0n) is 15.8. The smallest absolute Gasteiger partial charge is 0.227 e. The molecule has 0 saturated carbocycles. The molecule has 5 nitrogen and oxygen atoms in total. The number of carbonyl (C=O) groups excluding carboxylic acids is 2. The SMILES string of the molecule is Cl.O=C(Cc1ccccc1)N1CCCC(C(=O)N2CCC3CCC(C2)N3)C1. The number of hydrogen-bond acceptors (Lipinski definition) is 3. The topological polar surface area (TPSA) is 52.7 Å². The standard InChI is InChI=1S/C21H29N3O2.ClH/c25-20(13-16-5-2-1-3-6-16)23-11-4-7-17(14-23)21(26)24-12-10-18-8-9-19(15-24)22-18;/h1-3,5-6,17-19,22H,4,7-15H2;1H. The van der Waals surface area contributed by atoms with Crippen molar-refractivity contribution in [2.24, 2.45) is 5.92 Å². The van der Waals surface area contributed by atoms with Crippen LogP contribution in [-0.2, 0) is 16.0 Å². The summed E-state index contributed by atoms with van der Waals surface area (Å²) in [5, 5.41) is 3.64. The van der Waals surface area contributed by atoms with Crippen molar-refractivity contribution in [1.29, 1.82) is 0 Å². The van der Waals surface area contributed by atoms with Crippen molar-refractivity contribution in [1.82, 2.24) is 15.1 Å². The molecule has 0 spiro atoms. The Bertz CT molecular complexity index is 654. The Balaban J connectivity index is 0.00000210. The van der Waals surface area contributed by atoms with Crippen LogP contribution in [0, 0.1) is 5.92 Å². The van der Waals surface area contributed by atoms with Crippen molar-refractivity contribution in [3.05, 3.63) is 35.9 Å². The van der Waals surface area contributed by atoms with Crippen LogP contribution in [0.4, 0.5) is 0 Å². The number of halogens is 1. The molecule has 0 aliphatic carbocycles. The molecule has 27 heavy (non-hydrogen) atoms. The summed E-state index contributed by atoms with van der Waals surface area (Å²) in [6.07, 6.45) is 5.75. The van der Waals surface area contributed by atoms with E-state index >= 15 is 0 Å².